The fraction of sp³-hybridized carbons (Fsp3) is 0.433. The van der Waals surface area contributed by atoms with Crippen LogP contribution in [0.1, 0.15) is 73.0 Å². The average molecular weight is 543 g/mol. The Kier molecular flexibility index (Phi) is 8.47. The van der Waals surface area contributed by atoms with Crippen LogP contribution in [0.25, 0.3) is 0 Å². The number of hydrogen-bond acceptors (Lipinski definition) is 4. The highest BCUT2D eigenvalue weighted by atomic mass is 19.4. The van der Waals surface area contributed by atoms with Gasteiger partial charge in [0.25, 0.3) is 5.91 Å². The number of likely N-dealkylation sites (tertiary alicyclic amines) is 1. The lowest BCUT2D eigenvalue weighted by atomic mass is 9.83. The Morgan fingerprint density at radius 3 is 2.18 bits per heavy atom. The molecule has 0 saturated carbocycles. The van der Waals surface area contributed by atoms with Crippen LogP contribution in [0.2, 0.25) is 0 Å². The maximum Gasteiger partial charge on any atom is 0.416 e. The van der Waals surface area contributed by atoms with Gasteiger partial charge in [-0.3, -0.25) is 9.59 Å². The topological polar surface area (TPSA) is 66.9 Å². The first-order valence-electron chi connectivity index (χ1n) is 13.2. The van der Waals surface area contributed by atoms with Crippen molar-refractivity contribution in [2.45, 2.75) is 58.7 Å². The lowest BCUT2D eigenvalue weighted by molar-refractivity contribution is -0.140. The Hall–Kier alpha value is -3.62. The van der Waals surface area contributed by atoms with E-state index in [9.17, 15) is 27.6 Å². The van der Waals surface area contributed by atoms with Gasteiger partial charge in [-0.2, -0.15) is 13.2 Å². The highest BCUT2D eigenvalue weighted by Gasteiger charge is 2.38. The number of benzene rings is 2. The van der Waals surface area contributed by atoms with Crippen LogP contribution in [0.4, 0.5) is 13.2 Å². The summed E-state index contributed by atoms with van der Waals surface area (Å²) < 4.78 is 44.5. The fourth-order valence-corrected chi connectivity index (χ4v) is 5.20. The van der Waals surface area contributed by atoms with Gasteiger partial charge in [0.15, 0.2) is 0 Å². The Morgan fingerprint density at radius 2 is 1.62 bits per heavy atom. The third-order valence-electron chi connectivity index (χ3n) is 7.57. The maximum absolute atomic E-state index is 13.3. The number of amides is 2. The molecule has 0 aromatic heterocycles. The van der Waals surface area contributed by atoms with Crippen molar-refractivity contribution in [3.8, 4) is 0 Å². The van der Waals surface area contributed by atoms with Crippen molar-refractivity contribution >= 4 is 17.8 Å². The first kappa shape index (κ1) is 28.4. The van der Waals surface area contributed by atoms with E-state index in [1.54, 1.807) is 38.1 Å². The molecule has 4 rings (SSSR count). The fourth-order valence-electron chi connectivity index (χ4n) is 5.20. The van der Waals surface area contributed by atoms with Gasteiger partial charge in [-0.1, -0.05) is 31.2 Å². The first-order chi connectivity index (χ1) is 18.5. The number of carbonyl (C=O) groups excluding carboxylic acids is 3. The van der Waals surface area contributed by atoms with E-state index in [1.807, 2.05) is 4.90 Å². The zero-order chi connectivity index (χ0) is 28.3. The van der Waals surface area contributed by atoms with Gasteiger partial charge in [0.05, 0.1) is 24.3 Å². The monoisotopic (exact) mass is 542 g/mol. The Balaban J connectivity index is 1.57. The van der Waals surface area contributed by atoms with Gasteiger partial charge in [0.1, 0.15) is 0 Å². The minimum Gasteiger partial charge on any atom is -0.463 e. The molecular formula is C30H33F3N2O4. The smallest absolute Gasteiger partial charge is 0.416 e. The van der Waals surface area contributed by atoms with Gasteiger partial charge in [0, 0.05) is 36.7 Å². The number of rotatable bonds is 6. The molecule has 2 aliphatic heterocycles. The molecule has 2 aliphatic rings. The average Bonchev–Trinajstić information content (AvgIpc) is 2.91. The summed E-state index contributed by atoms with van der Waals surface area (Å²) in [5, 5.41) is 0. The normalized spacial score (nSPS) is 18.9. The van der Waals surface area contributed by atoms with Crippen LogP contribution in [0.15, 0.2) is 59.8 Å². The standard InChI is InChI=1S/C30H33F3N2O4/c1-4-39-29(38)27-20(3)35(26(36)17-25(27)22-9-11-24(12-10-22)30(31,32)33)18-21-5-7-23(8-6-21)28(37)34-15-13-19(2)14-16-34/h5-12,19,25H,4,13-18H2,1-3H3. The second kappa shape index (κ2) is 11.6. The van der Waals surface area contributed by atoms with Crippen molar-refractivity contribution in [3.05, 3.63) is 82.1 Å². The molecule has 1 unspecified atom stereocenters. The number of alkyl halides is 3. The van der Waals surface area contributed by atoms with Gasteiger partial charge in [-0.05, 0) is 68.0 Å². The second-order valence-electron chi connectivity index (χ2n) is 10.2. The maximum atomic E-state index is 13.3. The number of piperidine rings is 1. The molecule has 0 radical (unpaired) electrons. The number of halogens is 3. The highest BCUT2D eigenvalue weighted by molar-refractivity contribution is 5.96. The van der Waals surface area contributed by atoms with E-state index in [0.29, 0.717) is 22.7 Å². The summed E-state index contributed by atoms with van der Waals surface area (Å²) in [4.78, 5) is 42.5. The minimum atomic E-state index is -4.49. The molecule has 1 saturated heterocycles. The van der Waals surface area contributed by atoms with E-state index < -0.39 is 23.6 Å². The molecule has 2 aromatic rings. The summed E-state index contributed by atoms with van der Waals surface area (Å²) in [6.45, 7) is 7.29. The summed E-state index contributed by atoms with van der Waals surface area (Å²) in [7, 11) is 0. The highest BCUT2D eigenvalue weighted by Crippen LogP contribution is 2.39. The molecular weight excluding hydrogens is 509 g/mol. The first-order valence-corrected chi connectivity index (χ1v) is 13.2. The second-order valence-corrected chi connectivity index (χ2v) is 10.2. The number of hydrogen-bond donors (Lipinski definition) is 0. The van der Waals surface area contributed by atoms with Crippen LogP contribution in [-0.4, -0.2) is 47.3 Å². The molecule has 0 bridgehead atoms. The third kappa shape index (κ3) is 6.34. The molecule has 2 heterocycles. The number of carbonyl (C=O) groups is 3. The zero-order valence-corrected chi connectivity index (χ0v) is 22.4. The molecule has 2 amide bonds. The molecule has 0 N–H and O–H groups in total. The molecule has 1 atom stereocenters. The van der Waals surface area contributed by atoms with E-state index in [4.69, 9.17) is 4.74 Å². The van der Waals surface area contributed by atoms with E-state index in [1.165, 1.54) is 17.0 Å². The zero-order valence-electron chi connectivity index (χ0n) is 22.4. The van der Waals surface area contributed by atoms with E-state index in [2.05, 4.69) is 6.92 Å². The summed E-state index contributed by atoms with van der Waals surface area (Å²) in [5.41, 5.74) is 1.65. The van der Waals surface area contributed by atoms with Crippen LogP contribution in [-0.2, 0) is 27.0 Å². The van der Waals surface area contributed by atoms with Crippen molar-refractivity contribution in [1.29, 1.82) is 0 Å². The summed E-state index contributed by atoms with van der Waals surface area (Å²) in [6.07, 6.45) is -2.59. The molecule has 39 heavy (non-hydrogen) atoms. The van der Waals surface area contributed by atoms with Gasteiger partial charge >= 0.3 is 12.1 Å². The number of allylic oxidation sites excluding steroid dienone is 1. The Bertz CT molecular complexity index is 1240. The number of esters is 1. The molecule has 0 aliphatic carbocycles. The number of ether oxygens (including phenoxy) is 1. The van der Waals surface area contributed by atoms with Gasteiger partial charge in [-0.25, -0.2) is 4.79 Å². The van der Waals surface area contributed by atoms with Crippen LogP contribution >= 0.6 is 0 Å². The lowest BCUT2D eigenvalue weighted by Crippen LogP contribution is -2.38. The van der Waals surface area contributed by atoms with Crippen LogP contribution < -0.4 is 0 Å². The quantitative estimate of drug-likeness (QED) is 0.425. The van der Waals surface area contributed by atoms with Crippen molar-refractivity contribution in [2.75, 3.05) is 19.7 Å². The van der Waals surface area contributed by atoms with Crippen LogP contribution in [0.5, 0.6) is 0 Å². The van der Waals surface area contributed by atoms with Crippen LogP contribution in [0, 0.1) is 5.92 Å². The summed E-state index contributed by atoms with van der Waals surface area (Å²) in [5.74, 6) is -0.972. The van der Waals surface area contributed by atoms with Gasteiger partial charge in [0.2, 0.25) is 5.91 Å². The minimum absolute atomic E-state index is 0.0115. The van der Waals surface area contributed by atoms with Crippen molar-refractivity contribution < 1.29 is 32.3 Å². The molecule has 9 heteroatoms. The molecule has 0 spiro atoms. The third-order valence-corrected chi connectivity index (χ3v) is 7.57. The van der Waals surface area contributed by atoms with E-state index in [0.717, 1.165) is 43.6 Å². The van der Waals surface area contributed by atoms with E-state index >= 15 is 0 Å². The summed E-state index contributed by atoms with van der Waals surface area (Å²) in [6, 6.07) is 11.6. The molecule has 2 aromatic carbocycles. The molecule has 208 valence electrons. The van der Waals surface area contributed by atoms with Crippen molar-refractivity contribution in [2.24, 2.45) is 5.92 Å². The van der Waals surface area contributed by atoms with Gasteiger partial charge < -0.3 is 14.5 Å². The lowest BCUT2D eigenvalue weighted by Gasteiger charge is -2.34. The predicted molar refractivity (Wildman–Crippen MR) is 139 cm³/mol. The predicted octanol–water partition coefficient (Wildman–Crippen LogP) is 5.93. The van der Waals surface area contributed by atoms with Crippen molar-refractivity contribution in [1.82, 2.24) is 9.80 Å². The Morgan fingerprint density at radius 1 is 1.00 bits per heavy atom. The van der Waals surface area contributed by atoms with Gasteiger partial charge in [-0.15, -0.1) is 0 Å². The largest absolute Gasteiger partial charge is 0.463 e. The molecule has 6 nitrogen and oxygen atoms in total. The van der Waals surface area contributed by atoms with Crippen molar-refractivity contribution in [3.63, 3.8) is 0 Å². The van der Waals surface area contributed by atoms with Crippen LogP contribution in [0.3, 0.4) is 0 Å². The SMILES string of the molecule is CCOC(=O)C1=C(C)N(Cc2ccc(C(=O)N3CCC(C)CC3)cc2)C(=O)CC1c1ccc(C(F)(F)F)cc1. The van der Waals surface area contributed by atoms with E-state index in [-0.39, 0.29) is 37.0 Å². The molecule has 1 fully saturated rings. The Labute approximate surface area is 226 Å². The number of nitrogens with zero attached hydrogens (tertiary/aromatic N) is 2. The summed E-state index contributed by atoms with van der Waals surface area (Å²) >= 11 is 0.